The number of anilines is 1. The Morgan fingerprint density at radius 1 is 1.06 bits per heavy atom. The molecular formula is C21H19N5O6S. The number of carbonyl (C=O) groups excluding carboxylic acids is 2. The number of urea groups is 1. The molecule has 3 amide bonds. The maximum absolute atomic E-state index is 12.2. The fourth-order valence-electron chi connectivity index (χ4n) is 3.31. The number of nitrogens with zero attached hydrogens (tertiary/aromatic N) is 3. The van der Waals surface area contributed by atoms with Gasteiger partial charge < -0.3 is 28.8 Å². The van der Waals surface area contributed by atoms with Crippen LogP contribution in [0.15, 0.2) is 47.6 Å². The molecule has 0 saturated carbocycles. The van der Waals surface area contributed by atoms with Gasteiger partial charge in [-0.3, -0.25) is 10.1 Å². The molecule has 11 nitrogen and oxygen atoms in total. The summed E-state index contributed by atoms with van der Waals surface area (Å²) in [6.45, 7) is 0.436. The zero-order valence-corrected chi connectivity index (χ0v) is 18.3. The largest absolute Gasteiger partial charge is 0.485 e. The molecule has 1 aromatic heterocycles. The molecule has 33 heavy (non-hydrogen) atoms. The summed E-state index contributed by atoms with van der Waals surface area (Å²) in [7, 11) is 1.78. The van der Waals surface area contributed by atoms with E-state index < -0.39 is 18.0 Å². The van der Waals surface area contributed by atoms with Crippen molar-refractivity contribution in [2.45, 2.75) is 11.3 Å². The first-order valence-corrected chi connectivity index (χ1v) is 11.0. The number of para-hydroxylation sites is 2. The minimum absolute atomic E-state index is 0.0224. The van der Waals surface area contributed by atoms with Gasteiger partial charge in [-0.1, -0.05) is 23.9 Å². The Balaban J connectivity index is 1.14. The molecule has 1 unspecified atom stereocenters. The minimum Gasteiger partial charge on any atom is -0.485 e. The van der Waals surface area contributed by atoms with Crippen LogP contribution in [-0.2, 0) is 11.8 Å². The van der Waals surface area contributed by atoms with Gasteiger partial charge in [0.2, 0.25) is 12.7 Å². The van der Waals surface area contributed by atoms with Gasteiger partial charge in [0.25, 0.3) is 0 Å². The van der Waals surface area contributed by atoms with Crippen LogP contribution in [0, 0.1) is 0 Å². The van der Waals surface area contributed by atoms with Crippen LogP contribution in [0.3, 0.4) is 0 Å². The van der Waals surface area contributed by atoms with E-state index in [2.05, 4.69) is 20.8 Å². The summed E-state index contributed by atoms with van der Waals surface area (Å²) < 4.78 is 23.9. The Kier molecular flexibility index (Phi) is 5.65. The first-order chi connectivity index (χ1) is 16.1. The minimum atomic E-state index is -0.649. The van der Waals surface area contributed by atoms with Gasteiger partial charge in [0.15, 0.2) is 40.1 Å². The zero-order valence-electron chi connectivity index (χ0n) is 17.4. The summed E-state index contributed by atoms with van der Waals surface area (Å²) in [5.74, 6) is 2.53. The van der Waals surface area contributed by atoms with Gasteiger partial charge in [-0.2, -0.15) is 0 Å². The van der Waals surface area contributed by atoms with Crippen LogP contribution in [0.2, 0.25) is 0 Å². The Bertz CT molecular complexity index is 1220. The van der Waals surface area contributed by atoms with Crippen LogP contribution in [-0.4, -0.2) is 45.9 Å². The molecule has 0 saturated heterocycles. The van der Waals surface area contributed by atoms with Gasteiger partial charge in [0.1, 0.15) is 6.61 Å². The summed E-state index contributed by atoms with van der Waals surface area (Å²) in [5, 5.41) is 13.7. The summed E-state index contributed by atoms with van der Waals surface area (Å²) in [4.78, 5) is 24.3. The van der Waals surface area contributed by atoms with Gasteiger partial charge in [-0.05, 0) is 24.3 Å². The van der Waals surface area contributed by atoms with Crippen molar-refractivity contribution >= 4 is 29.4 Å². The fraction of sp³-hybridized carbons (Fsp3) is 0.238. The van der Waals surface area contributed by atoms with Crippen molar-refractivity contribution in [1.82, 2.24) is 20.1 Å². The molecule has 0 radical (unpaired) electrons. The van der Waals surface area contributed by atoms with Crippen LogP contribution in [0.4, 0.5) is 10.5 Å². The highest BCUT2D eigenvalue weighted by molar-refractivity contribution is 7.99. The van der Waals surface area contributed by atoms with E-state index in [4.69, 9.17) is 18.9 Å². The molecular weight excluding hydrogens is 450 g/mol. The number of aromatic nitrogens is 3. The lowest BCUT2D eigenvalue weighted by atomic mass is 10.2. The molecule has 3 heterocycles. The summed E-state index contributed by atoms with van der Waals surface area (Å²) in [6, 6.07) is 11.7. The average Bonchev–Trinajstić information content (AvgIpc) is 3.43. The first-order valence-electron chi connectivity index (χ1n) is 9.98. The molecule has 2 aliphatic heterocycles. The molecule has 0 bridgehead atoms. The summed E-state index contributed by atoms with van der Waals surface area (Å²) in [5.41, 5.74) is 0.478. The van der Waals surface area contributed by atoms with Gasteiger partial charge in [-0.15, -0.1) is 10.2 Å². The van der Waals surface area contributed by atoms with E-state index in [-0.39, 0.29) is 12.5 Å². The summed E-state index contributed by atoms with van der Waals surface area (Å²) in [6.07, 6.45) is -0.423. The third-order valence-corrected chi connectivity index (χ3v) is 5.90. The molecule has 170 valence electrons. The number of amides is 3. The Morgan fingerprint density at radius 2 is 1.85 bits per heavy atom. The number of imide groups is 1. The molecule has 2 N–H and O–H groups in total. The van der Waals surface area contributed by atoms with Gasteiger partial charge in [-0.25, -0.2) is 4.79 Å². The average molecular weight is 469 g/mol. The van der Waals surface area contributed by atoms with E-state index in [0.29, 0.717) is 46.3 Å². The van der Waals surface area contributed by atoms with Gasteiger partial charge in [0, 0.05) is 18.8 Å². The van der Waals surface area contributed by atoms with Crippen LogP contribution in [0.5, 0.6) is 23.0 Å². The SMILES string of the molecule is Cn1c(SCC(=O)NC(=O)Nc2ccc3c(c2)OCO3)nnc1C1COc2ccccc2O1. The van der Waals surface area contributed by atoms with E-state index >= 15 is 0 Å². The number of fused-ring (bicyclic) bond motifs is 2. The molecule has 2 aliphatic rings. The lowest BCUT2D eigenvalue weighted by molar-refractivity contribution is -0.117. The van der Waals surface area contributed by atoms with Crippen molar-refractivity contribution in [1.29, 1.82) is 0 Å². The van der Waals surface area contributed by atoms with Crippen molar-refractivity contribution in [2.24, 2.45) is 7.05 Å². The second kappa shape index (κ2) is 8.90. The molecule has 0 fully saturated rings. The predicted molar refractivity (Wildman–Crippen MR) is 117 cm³/mol. The zero-order chi connectivity index (χ0) is 22.8. The number of rotatable bonds is 5. The van der Waals surface area contributed by atoms with Crippen molar-refractivity contribution in [3.05, 3.63) is 48.3 Å². The van der Waals surface area contributed by atoms with Crippen LogP contribution >= 0.6 is 11.8 Å². The Hall–Kier alpha value is -3.93. The van der Waals surface area contributed by atoms with Gasteiger partial charge in [0.05, 0.1) is 5.75 Å². The second-order valence-electron chi connectivity index (χ2n) is 7.12. The molecule has 12 heteroatoms. The highest BCUT2D eigenvalue weighted by Crippen LogP contribution is 2.36. The van der Waals surface area contributed by atoms with Gasteiger partial charge >= 0.3 is 6.03 Å². The van der Waals surface area contributed by atoms with E-state index in [0.717, 1.165) is 11.8 Å². The van der Waals surface area contributed by atoms with E-state index in [9.17, 15) is 9.59 Å². The maximum atomic E-state index is 12.2. The van der Waals surface area contributed by atoms with Crippen LogP contribution in [0.25, 0.3) is 0 Å². The molecule has 5 rings (SSSR count). The number of ether oxygens (including phenoxy) is 4. The number of carbonyl (C=O) groups is 2. The molecule has 0 aliphatic carbocycles. The summed E-state index contributed by atoms with van der Waals surface area (Å²) >= 11 is 1.15. The van der Waals surface area contributed by atoms with Crippen molar-refractivity contribution in [2.75, 3.05) is 24.5 Å². The Morgan fingerprint density at radius 3 is 2.73 bits per heavy atom. The highest BCUT2D eigenvalue weighted by atomic mass is 32.2. The number of hydrogen-bond donors (Lipinski definition) is 2. The lowest BCUT2D eigenvalue weighted by Crippen LogP contribution is -2.35. The third kappa shape index (κ3) is 4.51. The lowest BCUT2D eigenvalue weighted by Gasteiger charge is -2.25. The number of benzene rings is 2. The third-order valence-electron chi connectivity index (χ3n) is 4.88. The first kappa shape index (κ1) is 20.9. The van der Waals surface area contributed by atoms with Crippen molar-refractivity contribution in [3.63, 3.8) is 0 Å². The van der Waals surface area contributed by atoms with E-state index in [1.807, 2.05) is 24.3 Å². The quantitative estimate of drug-likeness (QED) is 0.542. The highest BCUT2D eigenvalue weighted by Gasteiger charge is 2.27. The molecule has 2 aromatic carbocycles. The normalized spacial score (nSPS) is 15.7. The molecule has 1 atom stereocenters. The molecule has 0 spiro atoms. The maximum Gasteiger partial charge on any atom is 0.325 e. The van der Waals surface area contributed by atoms with Crippen molar-refractivity contribution in [3.8, 4) is 23.0 Å². The van der Waals surface area contributed by atoms with E-state index in [1.54, 1.807) is 29.8 Å². The topological polar surface area (TPSA) is 126 Å². The van der Waals surface area contributed by atoms with Crippen molar-refractivity contribution < 1.29 is 28.5 Å². The number of nitrogens with one attached hydrogen (secondary N) is 2. The fourth-order valence-corrected chi connectivity index (χ4v) is 4.03. The second-order valence-corrected chi connectivity index (χ2v) is 8.07. The Labute approximate surface area is 192 Å². The molecule has 3 aromatic rings. The number of thioether (sulfide) groups is 1. The predicted octanol–water partition coefficient (Wildman–Crippen LogP) is 2.50. The standard InChI is InChI=1S/C21H19N5O6S/c1-26-19(17-9-29-13-4-2-3-5-15(13)32-17)24-25-21(26)33-10-18(27)23-20(28)22-12-6-7-14-16(8-12)31-11-30-14/h2-8,17H,9-11H2,1H3,(H2,22,23,27,28). The monoisotopic (exact) mass is 469 g/mol. The number of hydrogen-bond acceptors (Lipinski definition) is 9. The van der Waals surface area contributed by atoms with Crippen LogP contribution in [0.1, 0.15) is 11.9 Å². The van der Waals surface area contributed by atoms with E-state index in [1.165, 1.54) is 0 Å². The smallest absolute Gasteiger partial charge is 0.325 e. The van der Waals surface area contributed by atoms with Crippen LogP contribution < -0.4 is 29.6 Å².